The van der Waals surface area contributed by atoms with Crippen molar-refractivity contribution < 1.29 is 9.18 Å². The number of benzene rings is 2. The van der Waals surface area contributed by atoms with Crippen molar-refractivity contribution in [1.29, 1.82) is 0 Å². The zero-order chi connectivity index (χ0) is 16.4. The molecule has 0 radical (unpaired) electrons. The summed E-state index contributed by atoms with van der Waals surface area (Å²) in [5, 5.41) is 0. The quantitative estimate of drug-likeness (QED) is 0.840. The Morgan fingerprint density at radius 1 is 1.04 bits per heavy atom. The monoisotopic (exact) mass is 312 g/mol. The summed E-state index contributed by atoms with van der Waals surface area (Å²) in [6.07, 6.45) is 2.09. The second kappa shape index (κ2) is 6.41. The van der Waals surface area contributed by atoms with Crippen LogP contribution in [0.3, 0.4) is 0 Å². The van der Waals surface area contributed by atoms with Crippen molar-refractivity contribution in [2.75, 3.05) is 19.0 Å². The first-order valence-corrected chi connectivity index (χ1v) is 7.87. The molecule has 0 aliphatic heterocycles. The van der Waals surface area contributed by atoms with Gasteiger partial charge in [-0.3, -0.25) is 4.79 Å². The Labute approximate surface area is 136 Å². The second-order valence-electron chi connectivity index (χ2n) is 6.23. The molecule has 0 unspecified atom stereocenters. The smallest absolute Gasteiger partial charge is 0.254 e. The fourth-order valence-electron chi connectivity index (χ4n) is 2.61. The summed E-state index contributed by atoms with van der Waals surface area (Å²) in [5.41, 5.74) is 2.72. The summed E-state index contributed by atoms with van der Waals surface area (Å²) in [4.78, 5) is 16.7. The van der Waals surface area contributed by atoms with Crippen molar-refractivity contribution in [2.24, 2.45) is 0 Å². The molecule has 0 atom stereocenters. The molecule has 2 aromatic carbocycles. The molecule has 0 spiro atoms. The van der Waals surface area contributed by atoms with Crippen LogP contribution in [-0.2, 0) is 6.54 Å². The molecular weight excluding hydrogens is 291 g/mol. The van der Waals surface area contributed by atoms with Crippen LogP contribution in [-0.4, -0.2) is 30.9 Å². The average molecular weight is 312 g/mol. The van der Waals surface area contributed by atoms with Gasteiger partial charge < -0.3 is 9.80 Å². The van der Waals surface area contributed by atoms with E-state index >= 15 is 0 Å². The van der Waals surface area contributed by atoms with Crippen molar-refractivity contribution in [1.82, 2.24) is 4.90 Å². The van der Waals surface area contributed by atoms with E-state index in [2.05, 4.69) is 0 Å². The molecule has 1 fully saturated rings. The third kappa shape index (κ3) is 3.70. The van der Waals surface area contributed by atoms with E-state index in [1.54, 1.807) is 12.1 Å². The van der Waals surface area contributed by atoms with Crippen molar-refractivity contribution in [2.45, 2.75) is 25.4 Å². The number of hydrogen-bond donors (Lipinski definition) is 0. The third-order valence-corrected chi connectivity index (χ3v) is 4.15. The first-order chi connectivity index (χ1) is 11.0. The zero-order valence-electron chi connectivity index (χ0n) is 13.5. The summed E-state index contributed by atoms with van der Waals surface area (Å²) in [6, 6.07) is 14.3. The number of amides is 1. The summed E-state index contributed by atoms with van der Waals surface area (Å²) in [6.45, 7) is 0.527. The van der Waals surface area contributed by atoms with Gasteiger partial charge >= 0.3 is 0 Å². The second-order valence-corrected chi connectivity index (χ2v) is 6.23. The molecule has 120 valence electrons. The Bertz CT molecular complexity index is 676. The van der Waals surface area contributed by atoms with Crippen LogP contribution in [0.25, 0.3) is 0 Å². The molecule has 0 saturated heterocycles. The van der Waals surface area contributed by atoms with Crippen LogP contribution in [0.1, 0.15) is 28.8 Å². The summed E-state index contributed by atoms with van der Waals surface area (Å²) in [5.74, 6) is -0.209. The number of halogens is 1. The van der Waals surface area contributed by atoms with Gasteiger partial charge in [-0.05, 0) is 54.8 Å². The lowest BCUT2D eigenvalue weighted by molar-refractivity contribution is 0.0730. The molecule has 0 heterocycles. The molecule has 3 nitrogen and oxygen atoms in total. The molecule has 1 aliphatic rings. The van der Waals surface area contributed by atoms with Gasteiger partial charge in [0.1, 0.15) is 5.82 Å². The highest BCUT2D eigenvalue weighted by molar-refractivity contribution is 5.95. The van der Waals surface area contributed by atoms with Crippen LogP contribution in [0.2, 0.25) is 0 Å². The maximum absolute atomic E-state index is 13.0. The van der Waals surface area contributed by atoms with Gasteiger partial charge in [0.15, 0.2) is 0 Å². The lowest BCUT2D eigenvalue weighted by atomic mass is 10.1. The topological polar surface area (TPSA) is 23.6 Å². The molecule has 3 rings (SSSR count). The van der Waals surface area contributed by atoms with E-state index in [-0.39, 0.29) is 11.7 Å². The van der Waals surface area contributed by atoms with Gasteiger partial charge in [-0.15, -0.1) is 0 Å². The van der Waals surface area contributed by atoms with Gasteiger partial charge in [-0.2, -0.15) is 0 Å². The first kappa shape index (κ1) is 15.5. The van der Waals surface area contributed by atoms with Crippen LogP contribution in [0.15, 0.2) is 48.5 Å². The molecule has 1 amide bonds. The van der Waals surface area contributed by atoms with Crippen molar-refractivity contribution in [3.05, 3.63) is 65.5 Å². The number of anilines is 1. The Hall–Kier alpha value is -2.36. The molecule has 1 aliphatic carbocycles. The minimum Gasteiger partial charge on any atom is -0.378 e. The third-order valence-electron chi connectivity index (χ3n) is 4.15. The molecule has 0 aromatic heterocycles. The number of rotatable bonds is 5. The Morgan fingerprint density at radius 2 is 1.65 bits per heavy atom. The lowest BCUT2D eigenvalue weighted by Gasteiger charge is -2.23. The van der Waals surface area contributed by atoms with Gasteiger partial charge in [-0.25, -0.2) is 4.39 Å². The van der Waals surface area contributed by atoms with E-state index in [9.17, 15) is 9.18 Å². The van der Waals surface area contributed by atoms with E-state index in [1.165, 1.54) is 12.1 Å². The molecule has 0 N–H and O–H groups in total. The molecule has 4 heteroatoms. The predicted molar refractivity (Wildman–Crippen MR) is 90.1 cm³/mol. The van der Waals surface area contributed by atoms with Crippen LogP contribution in [0.5, 0.6) is 0 Å². The van der Waals surface area contributed by atoms with Crippen LogP contribution in [0, 0.1) is 5.82 Å². The highest BCUT2D eigenvalue weighted by Crippen LogP contribution is 2.30. The predicted octanol–water partition coefficient (Wildman–Crippen LogP) is 3.70. The number of nitrogens with zero attached hydrogens (tertiary/aromatic N) is 2. The normalized spacial score (nSPS) is 13.7. The summed E-state index contributed by atoms with van der Waals surface area (Å²) >= 11 is 0. The van der Waals surface area contributed by atoms with Crippen molar-refractivity contribution >= 4 is 11.6 Å². The summed E-state index contributed by atoms with van der Waals surface area (Å²) < 4.78 is 13.0. The van der Waals surface area contributed by atoms with E-state index in [4.69, 9.17) is 0 Å². The van der Waals surface area contributed by atoms with Gasteiger partial charge in [-0.1, -0.05) is 12.1 Å². The maximum Gasteiger partial charge on any atom is 0.254 e. The molecule has 23 heavy (non-hydrogen) atoms. The van der Waals surface area contributed by atoms with Crippen LogP contribution in [0.4, 0.5) is 10.1 Å². The van der Waals surface area contributed by atoms with E-state index < -0.39 is 0 Å². The fourth-order valence-corrected chi connectivity index (χ4v) is 2.61. The minimum absolute atomic E-state index is 0.0436. The minimum atomic E-state index is -0.252. The standard InChI is InChI=1S/C19H21FN2O/c1-21(2)17-9-5-15(6-10-17)19(23)22(18-11-12-18)13-14-3-7-16(20)8-4-14/h3-10,18H,11-13H2,1-2H3. The van der Waals surface area contributed by atoms with E-state index in [1.807, 2.05) is 48.2 Å². The first-order valence-electron chi connectivity index (χ1n) is 7.87. The Morgan fingerprint density at radius 3 is 2.17 bits per heavy atom. The highest BCUT2D eigenvalue weighted by Gasteiger charge is 2.33. The maximum atomic E-state index is 13.0. The summed E-state index contributed by atoms with van der Waals surface area (Å²) in [7, 11) is 3.95. The Kier molecular flexibility index (Phi) is 4.33. The van der Waals surface area contributed by atoms with Gasteiger partial charge in [0.05, 0.1) is 0 Å². The number of hydrogen-bond acceptors (Lipinski definition) is 2. The van der Waals surface area contributed by atoms with Gasteiger partial charge in [0.25, 0.3) is 5.91 Å². The van der Waals surface area contributed by atoms with Crippen molar-refractivity contribution in [3.8, 4) is 0 Å². The van der Waals surface area contributed by atoms with Gasteiger partial charge in [0.2, 0.25) is 0 Å². The number of carbonyl (C=O) groups is 1. The van der Waals surface area contributed by atoms with Crippen molar-refractivity contribution in [3.63, 3.8) is 0 Å². The van der Waals surface area contributed by atoms with Crippen LogP contribution < -0.4 is 4.90 Å². The molecular formula is C19H21FN2O. The van der Waals surface area contributed by atoms with Gasteiger partial charge in [0, 0.05) is 37.9 Å². The SMILES string of the molecule is CN(C)c1ccc(C(=O)N(Cc2ccc(F)cc2)C2CC2)cc1. The highest BCUT2D eigenvalue weighted by atomic mass is 19.1. The Balaban J connectivity index is 1.77. The lowest BCUT2D eigenvalue weighted by Crippen LogP contribution is -2.32. The fraction of sp³-hybridized carbons (Fsp3) is 0.316. The van der Waals surface area contributed by atoms with Crippen LogP contribution >= 0.6 is 0 Å². The molecule has 0 bridgehead atoms. The molecule has 2 aromatic rings. The van der Waals surface area contributed by atoms with E-state index in [0.717, 1.165) is 24.1 Å². The number of carbonyl (C=O) groups excluding carboxylic acids is 1. The van der Waals surface area contributed by atoms with E-state index in [0.29, 0.717) is 18.2 Å². The average Bonchev–Trinajstić information content (AvgIpc) is 3.38. The zero-order valence-corrected chi connectivity index (χ0v) is 13.5. The largest absolute Gasteiger partial charge is 0.378 e. The molecule has 1 saturated carbocycles.